The largest absolute Gasteiger partial charge is 0.399 e. The number of hydrogen-bond donors (Lipinski definition) is 2. The molecule has 0 saturated carbocycles. The van der Waals surface area contributed by atoms with Crippen molar-refractivity contribution in [2.24, 2.45) is 11.8 Å². The Morgan fingerprint density at radius 1 is 1.31 bits per heavy atom. The number of hydrogen-bond acceptors (Lipinski definition) is 2. The summed E-state index contributed by atoms with van der Waals surface area (Å²) in [5, 5.41) is 2.91. The molecule has 3 heteroatoms. The van der Waals surface area contributed by atoms with Crippen LogP contribution in [0.15, 0.2) is 18.2 Å². The molecule has 1 aromatic carbocycles. The Morgan fingerprint density at radius 2 is 1.94 bits per heavy atom. The number of anilines is 2. The number of aryl methyl sites for hydroxylation is 1. The zero-order valence-electron chi connectivity index (χ0n) is 10.4. The van der Waals surface area contributed by atoms with Crippen LogP contribution in [-0.2, 0) is 4.79 Å². The Labute approximate surface area is 97.0 Å². The van der Waals surface area contributed by atoms with Crippen molar-refractivity contribution in [1.29, 1.82) is 0 Å². The first-order chi connectivity index (χ1) is 7.41. The number of carbonyl (C=O) groups is 1. The maximum Gasteiger partial charge on any atom is 0.227 e. The smallest absolute Gasteiger partial charge is 0.227 e. The second-order valence-electron chi connectivity index (χ2n) is 4.60. The molecule has 16 heavy (non-hydrogen) atoms. The first kappa shape index (κ1) is 12.6. The normalized spacial score (nSPS) is 12.6. The van der Waals surface area contributed by atoms with Crippen LogP contribution in [-0.4, -0.2) is 5.91 Å². The van der Waals surface area contributed by atoms with E-state index in [0.717, 1.165) is 11.3 Å². The van der Waals surface area contributed by atoms with Crippen LogP contribution in [0, 0.1) is 18.8 Å². The number of benzene rings is 1. The first-order valence-corrected chi connectivity index (χ1v) is 5.58. The van der Waals surface area contributed by atoms with Crippen molar-refractivity contribution >= 4 is 17.3 Å². The fourth-order valence-corrected chi connectivity index (χ4v) is 1.32. The minimum Gasteiger partial charge on any atom is -0.399 e. The Hall–Kier alpha value is -1.51. The SMILES string of the molecule is Cc1ccc(N)cc1NC(=O)C(C)C(C)C. The Kier molecular flexibility index (Phi) is 3.93. The van der Waals surface area contributed by atoms with Crippen LogP contribution in [0.3, 0.4) is 0 Å². The fourth-order valence-electron chi connectivity index (χ4n) is 1.32. The maximum atomic E-state index is 11.9. The monoisotopic (exact) mass is 220 g/mol. The van der Waals surface area contributed by atoms with Gasteiger partial charge in [0, 0.05) is 17.3 Å². The quantitative estimate of drug-likeness (QED) is 0.769. The van der Waals surface area contributed by atoms with Gasteiger partial charge in [0.2, 0.25) is 5.91 Å². The molecule has 0 heterocycles. The summed E-state index contributed by atoms with van der Waals surface area (Å²) in [6.45, 7) is 7.96. The maximum absolute atomic E-state index is 11.9. The number of rotatable bonds is 3. The number of carbonyl (C=O) groups excluding carboxylic acids is 1. The van der Waals surface area contributed by atoms with Crippen molar-refractivity contribution < 1.29 is 4.79 Å². The molecule has 0 saturated heterocycles. The van der Waals surface area contributed by atoms with Crippen molar-refractivity contribution in [3.8, 4) is 0 Å². The molecular formula is C13H20N2O. The zero-order chi connectivity index (χ0) is 12.3. The molecule has 0 fully saturated rings. The average molecular weight is 220 g/mol. The predicted octanol–water partition coefficient (Wildman–Crippen LogP) is 2.81. The van der Waals surface area contributed by atoms with Gasteiger partial charge in [0.05, 0.1) is 0 Å². The van der Waals surface area contributed by atoms with Gasteiger partial charge >= 0.3 is 0 Å². The van der Waals surface area contributed by atoms with E-state index >= 15 is 0 Å². The summed E-state index contributed by atoms with van der Waals surface area (Å²) in [5.74, 6) is 0.380. The lowest BCUT2D eigenvalue weighted by Gasteiger charge is -2.16. The summed E-state index contributed by atoms with van der Waals surface area (Å²) in [4.78, 5) is 11.9. The molecule has 0 aliphatic rings. The lowest BCUT2D eigenvalue weighted by Crippen LogP contribution is -2.24. The lowest BCUT2D eigenvalue weighted by molar-refractivity contribution is -0.120. The minimum atomic E-state index is 0.000769. The molecule has 1 atom stereocenters. The van der Waals surface area contributed by atoms with Crippen LogP contribution in [0.5, 0.6) is 0 Å². The van der Waals surface area contributed by atoms with Crippen LogP contribution in [0.1, 0.15) is 26.3 Å². The standard InChI is InChI=1S/C13H20N2O/c1-8(2)10(4)13(16)15-12-7-11(14)6-5-9(12)3/h5-8,10H,14H2,1-4H3,(H,15,16). The van der Waals surface area contributed by atoms with Crippen molar-refractivity contribution in [2.45, 2.75) is 27.7 Å². The van der Waals surface area contributed by atoms with Crippen molar-refractivity contribution in [3.05, 3.63) is 23.8 Å². The molecule has 0 bridgehead atoms. The van der Waals surface area contributed by atoms with Gasteiger partial charge in [0.1, 0.15) is 0 Å². The van der Waals surface area contributed by atoms with Gasteiger partial charge in [-0.05, 0) is 30.5 Å². The van der Waals surface area contributed by atoms with E-state index in [1.165, 1.54) is 0 Å². The van der Waals surface area contributed by atoms with Gasteiger partial charge in [-0.15, -0.1) is 0 Å². The molecular weight excluding hydrogens is 200 g/mol. The molecule has 0 aliphatic carbocycles. The molecule has 0 aromatic heterocycles. The molecule has 1 amide bonds. The van der Waals surface area contributed by atoms with Crippen molar-refractivity contribution in [2.75, 3.05) is 11.1 Å². The van der Waals surface area contributed by atoms with Gasteiger partial charge < -0.3 is 11.1 Å². The molecule has 0 radical (unpaired) electrons. The molecule has 1 unspecified atom stereocenters. The number of nitrogens with one attached hydrogen (secondary N) is 1. The van der Waals surface area contributed by atoms with E-state index in [1.807, 2.05) is 39.8 Å². The Bertz CT molecular complexity index is 386. The summed E-state index contributed by atoms with van der Waals surface area (Å²) in [6.07, 6.45) is 0. The van der Waals surface area contributed by atoms with Gasteiger partial charge in [-0.25, -0.2) is 0 Å². The molecule has 3 nitrogen and oxygen atoms in total. The second-order valence-corrected chi connectivity index (χ2v) is 4.60. The third-order valence-corrected chi connectivity index (χ3v) is 2.93. The van der Waals surface area contributed by atoms with Crippen LogP contribution >= 0.6 is 0 Å². The topological polar surface area (TPSA) is 55.1 Å². The van der Waals surface area contributed by atoms with Gasteiger partial charge in [-0.2, -0.15) is 0 Å². The van der Waals surface area contributed by atoms with Gasteiger partial charge in [0.15, 0.2) is 0 Å². The summed E-state index contributed by atoms with van der Waals surface area (Å²) < 4.78 is 0. The summed E-state index contributed by atoms with van der Waals surface area (Å²) in [5.41, 5.74) is 8.18. The number of nitrogen functional groups attached to an aromatic ring is 1. The molecule has 0 aliphatic heterocycles. The van der Waals surface area contributed by atoms with E-state index in [2.05, 4.69) is 5.32 Å². The summed E-state index contributed by atoms with van der Waals surface area (Å²) in [6, 6.07) is 5.53. The molecule has 3 N–H and O–H groups in total. The van der Waals surface area contributed by atoms with Crippen LogP contribution in [0.2, 0.25) is 0 Å². The highest BCUT2D eigenvalue weighted by Crippen LogP contribution is 2.20. The Balaban J connectivity index is 2.80. The second kappa shape index (κ2) is 5.01. The molecule has 0 spiro atoms. The van der Waals surface area contributed by atoms with Gasteiger partial charge in [-0.3, -0.25) is 4.79 Å². The van der Waals surface area contributed by atoms with Crippen molar-refractivity contribution in [1.82, 2.24) is 0 Å². The third kappa shape index (κ3) is 2.99. The third-order valence-electron chi connectivity index (χ3n) is 2.93. The van der Waals surface area contributed by atoms with E-state index in [0.29, 0.717) is 11.6 Å². The van der Waals surface area contributed by atoms with Gasteiger partial charge in [0.25, 0.3) is 0 Å². The van der Waals surface area contributed by atoms with E-state index in [9.17, 15) is 4.79 Å². The van der Waals surface area contributed by atoms with Crippen LogP contribution < -0.4 is 11.1 Å². The number of amides is 1. The Morgan fingerprint density at radius 3 is 2.50 bits per heavy atom. The van der Waals surface area contributed by atoms with E-state index in [-0.39, 0.29) is 11.8 Å². The average Bonchev–Trinajstić information content (AvgIpc) is 2.22. The summed E-state index contributed by atoms with van der Waals surface area (Å²) in [7, 11) is 0. The minimum absolute atomic E-state index is 0.000769. The van der Waals surface area contributed by atoms with Gasteiger partial charge in [-0.1, -0.05) is 26.8 Å². The van der Waals surface area contributed by atoms with E-state index in [4.69, 9.17) is 5.73 Å². The first-order valence-electron chi connectivity index (χ1n) is 5.58. The summed E-state index contributed by atoms with van der Waals surface area (Å²) >= 11 is 0. The predicted molar refractivity (Wildman–Crippen MR) is 68.2 cm³/mol. The van der Waals surface area contributed by atoms with E-state index < -0.39 is 0 Å². The highest BCUT2D eigenvalue weighted by atomic mass is 16.1. The molecule has 1 rings (SSSR count). The van der Waals surface area contributed by atoms with E-state index in [1.54, 1.807) is 6.07 Å². The van der Waals surface area contributed by atoms with Crippen LogP contribution in [0.4, 0.5) is 11.4 Å². The fraction of sp³-hybridized carbons (Fsp3) is 0.462. The molecule has 1 aromatic rings. The molecule has 88 valence electrons. The zero-order valence-corrected chi connectivity index (χ0v) is 10.4. The number of nitrogens with two attached hydrogens (primary N) is 1. The highest BCUT2D eigenvalue weighted by molar-refractivity contribution is 5.93. The highest BCUT2D eigenvalue weighted by Gasteiger charge is 2.17. The van der Waals surface area contributed by atoms with Crippen molar-refractivity contribution in [3.63, 3.8) is 0 Å². The lowest BCUT2D eigenvalue weighted by atomic mass is 9.97. The van der Waals surface area contributed by atoms with Crippen LogP contribution in [0.25, 0.3) is 0 Å².